The summed E-state index contributed by atoms with van der Waals surface area (Å²) < 4.78 is 6.80. The summed E-state index contributed by atoms with van der Waals surface area (Å²) in [6.45, 7) is 6.08. The van der Waals surface area contributed by atoms with Crippen LogP contribution in [0.2, 0.25) is 0 Å². The van der Waals surface area contributed by atoms with Crippen LogP contribution in [-0.2, 0) is 16.6 Å². The van der Waals surface area contributed by atoms with E-state index in [4.69, 9.17) is 4.74 Å². The zero-order valence-corrected chi connectivity index (χ0v) is 13.5. The highest BCUT2D eigenvalue weighted by atomic mass is 16.6. The number of carbonyl (C=O) groups excluding carboxylic acids is 2. The van der Waals surface area contributed by atoms with Crippen LogP contribution in [0.5, 0.6) is 0 Å². The maximum atomic E-state index is 12.2. The Morgan fingerprint density at radius 3 is 2.55 bits per heavy atom. The van der Waals surface area contributed by atoms with Gasteiger partial charge >= 0.3 is 6.09 Å². The van der Waals surface area contributed by atoms with Crippen molar-refractivity contribution < 1.29 is 14.3 Å². The van der Waals surface area contributed by atoms with Gasteiger partial charge in [0, 0.05) is 38.8 Å². The predicted octanol–water partition coefficient (Wildman–Crippen LogP) is 1.68. The molecule has 0 saturated carbocycles. The quantitative estimate of drug-likeness (QED) is 0.791. The Morgan fingerprint density at radius 2 is 1.95 bits per heavy atom. The van der Waals surface area contributed by atoms with E-state index in [0.29, 0.717) is 13.0 Å². The first-order valence-electron chi connectivity index (χ1n) is 7.34. The topological polar surface area (TPSA) is 68.6 Å². The molecule has 1 aliphatic heterocycles. The molecular weight excluding hydrogens is 284 g/mol. The molecule has 1 aromatic heterocycles. The normalized spacial score (nSPS) is 19.2. The van der Waals surface area contributed by atoms with Gasteiger partial charge < -0.3 is 14.2 Å². The number of aryl methyl sites for hydroxylation is 1. The molecule has 1 fully saturated rings. The summed E-state index contributed by atoms with van der Waals surface area (Å²) in [4.78, 5) is 37.3. The van der Waals surface area contributed by atoms with Crippen LogP contribution in [0.15, 0.2) is 23.1 Å². The number of rotatable bonds is 1. The first kappa shape index (κ1) is 16.3. The maximum absolute atomic E-state index is 12.2. The fraction of sp³-hybridized carbons (Fsp3) is 0.562. The molecule has 0 spiro atoms. The highest BCUT2D eigenvalue weighted by Gasteiger charge is 2.33. The van der Waals surface area contributed by atoms with E-state index < -0.39 is 17.6 Å². The minimum absolute atomic E-state index is 0.0819. The van der Waals surface area contributed by atoms with E-state index >= 15 is 0 Å². The molecule has 0 aromatic carbocycles. The number of Topliss-reactive ketones (excluding diaryl/α,β-unsaturated/α-hetero) is 1. The second-order valence-electron chi connectivity index (χ2n) is 6.61. The van der Waals surface area contributed by atoms with Gasteiger partial charge in [0.05, 0.1) is 5.92 Å². The Hall–Kier alpha value is -2.11. The summed E-state index contributed by atoms with van der Waals surface area (Å²) in [5.41, 5.74) is 0.0568. The Kier molecular flexibility index (Phi) is 4.39. The zero-order valence-electron chi connectivity index (χ0n) is 13.5. The number of piperidine rings is 1. The van der Waals surface area contributed by atoms with Crippen LogP contribution in [0.3, 0.4) is 0 Å². The van der Waals surface area contributed by atoms with Gasteiger partial charge in [0.15, 0.2) is 0 Å². The molecular formula is C16H22N2O4. The van der Waals surface area contributed by atoms with Gasteiger partial charge in [-0.3, -0.25) is 9.59 Å². The standard InChI is InChI=1S/C16H22N2O4/c1-16(2,3)22-15(21)18-8-7-13(19)12(10-18)11-5-6-14(20)17(4)9-11/h5-6,9,12H,7-8,10H2,1-4H3. The summed E-state index contributed by atoms with van der Waals surface area (Å²) in [5, 5.41) is 0. The van der Waals surface area contributed by atoms with Crippen LogP contribution in [0.25, 0.3) is 0 Å². The molecule has 2 heterocycles. The smallest absolute Gasteiger partial charge is 0.410 e. The van der Waals surface area contributed by atoms with E-state index in [1.54, 1.807) is 24.2 Å². The Labute approximate surface area is 129 Å². The molecule has 6 heteroatoms. The number of aromatic nitrogens is 1. The lowest BCUT2D eigenvalue weighted by atomic mass is 9.90. The lowest BCUT2D eigenvalue weighted by molar-refractivity contribution is -0.123. The van der Waals surface area contributed by atoms with E-state index in [9.17, 15) is 14.4 Å². The summed E-state index contributed by atoms with van der Waals surface area (Å²) in [5.74, 6) is -0.327. The van der Waals surface area contributed by atoms with Crippen LogP contribution in [0.4, 0.5) is 4.79 Å². The van der Waals surface area contributed by atoms with E-state index in [2.05, 4.69) is 0 Å². The van der Waals surface area contributed by atoms with Crippen molar-refractivity contribution in [1.82, 2.24) is 9.47 Å². The summed E-state index contributed by atoms with van der Waals surface area (Å²) >= 11 is 0. The molecule has 1 atom stereocenters. The van der Waals surface area contributed by atoms with Crippen LogP contribution < -0.4 is 5.56 Å². The van der Waals surface area contributed by atoms with Crippen molar-refractivity contribution >= 4 is 11.9 Å². The third-order valence-electron chi connectivity index (χ3n) is 3.58. The third-order valence-corrected chi connectivity index (χ3v) is 3.58. The first-order valence-corrected chi connectivity index (χ1v) is 7.34. The van der Waals surface area contributed by atoms with E-state index in [1.807, 2.05) is 20.8 Å². The SMILES string of the molecule is Cn1cc(C2CN(C(=O)OC(C)(C)C)CCC2=O)ccc1=O. The van der Waals surface area contributed by atoms with Gasteiger partial charge in [-0.2, -0.15) is 0 Å². The molecule has 1 amide bonds. The Balaban J connectivity index is 2.17. The number of hydrogen-bond donors (Lipinski definition) is 0. The van der Waals surface area contributed by atoms with Crippen LogP contribution >= 0.6 is 0 Å². The second kappa shape index (κ2) is 5.94. The van der Waals surface area contributed by atoms with Crippen molar-refractivity contribution in [3.63, 3.8) is 0 Å². The van der Waals surface area contributed by atoms with Crippen molar-refractivity contribution in [2.24, 2.45) is 7.05 Å². The second-order valence-corrected chi connectivity index (χ2v) is 6.61. The minimum atomic E-state index is -0.565. The largest absolute Gasteiger partial charge is 0.444 e. The zero-order chi connectivity index (χ0) is 16.5. The van der Waals surface area contributed by atoms with Gasteiger partial charge in [0.2, 0.25) is 5.56 Å². The average molecular weight is 306 g/mol. The molecule has 6 nitrogen and oxygen atoms in total. The van der Waals surface area contributed by atoms with Crippen molar-refractivity contribution in [2.75, 3.05) is 13.1 Å². The highest BCUT2D eigenvalue weighted by Crippen LogP contribution is 2.24. The molecule has 1 aliphatic rings. The Bertz CT molecular complexity index is 642. The monoisotopic (exact) mass is 306 g/mol. The number of hydrogen-bond acceptors (Lipinski definition) is 4. The number of nitrogens with zero attached hydrogens (tertiary/aromatic N) is 2. The van der Waals surface area contributed by atoms with Gasteiger partial charge in [0.1, 0.15) is 11.4 Å². The molecule has 0 N–H and O–H groups in total. The molecule has 0 radical (unpaired) electrons. The fourth-order valence-electron chi connectivity index (χ4n) is 2.44. The van der Waals surface area contributed by atoms with Crippen molar-refractivity contribution in [1.29, 1.82) is 0 Å². The summed E-state index contributed by atoms with van der Waals surface area (Å²) in [6, 6.07) is 3.10. The molecule has 120 valence electrons. The molecule has 2 rings (SSSR count). The maximum Gasteiger partial charge on any atom is 0.410 e. The van der Waals surface area contributed by atoms with Crippen LogP contribution in [-0.4, -0.2) is 40.0 Å². The fourth-order valence-corrected chi connectivity index (χ4v) is 2.44. The number of pyridine rings is 1. The van der Waals surface area contributed by atoms with E-state index in [1.165, 1.54) is 10.6 Å². The minimum Gasteiger partial charge on any atom is -0.444 e. The molecule has 0 bridgehead atoms. The molecule has 1 saturated heterocycles. The number of carbonyl (C=O) groups is 2. The van der Waals surface area contributed by atoms with E-state index in [0.717, 1.165) is 5.56 Å². The lowest BCUT2D eigenvalue weighted by Crippen LogP contribution is -2.45. The van der Waals surface area contributed by atoms with Gasteiger partial charge in [-0.1, -0.05) is 6.07 Å². The van der Waals surface area contributed by atoms with Gasteiger partial charge in [-0.05, 0) is 26.3 Å². The van der Waals surface area contributed by atoms with Crippen molar-refractivity contribution in [3.05, 3.63) is 34.2 Å². The first-order chi connectivity index (χ1) is 10.2. The highest BCUT2D eigenvalue weighted by molar-refractivity contribution is 5.88. The molecule has 22 heavy (non-hydrogen) atoms. The Morgan fingerprint density at radius 1 is 1.27 bits per heavy atom. The van der Waals surface area contributed by atoms with Crippen molar-refractivity contribution in [3.8, 4) is 0 Å². The van der Waals surface area contributed by atoms with Crippen molar-refractivity contribution in [2.45, 2.75) is 38.7 Å². The number of amides is 1. The molecule has 1 aromatic rings. The van der Waals surface area contributed by atoms with Gasteiger partial charge in [0.25, 0.3) is 0 Å². The number of ketones is 1. The predicted molar refractivity (Wildman–Crippen MR) is 81.9 cm³/mol. The lowest BCUT2D eigenvalue weighted by Gasteiger charge is -2.33. The van der Waals surface area contributed by atoms with Gasteiger partial charge in [-0.25, -0.2) is 4.79 Å². The van der Waals surface area contributed by atoms with Crippen LogP contribution in [0.1, 0.15) is 38.7 Å². The molecule has 0 aliphatic carbocycles. The third kappa shape index (κ3) is 3.75. The summed E-state index contributed by atoms with van der Waals surface area (Å²) in [7, 11) is 1.64. The van der Waals surface area contributed by atoms with Crippen LogP contribution in [0, 0.1) is 0 Å². The van der Waals surface area contributed by atoms with E-state index in [-0.39, 0.29) is 17.9 Å². The summed E-state index contributed by atoms with van der Waals surface area (Å²) in [6.07, 6.45) is 1.55. The average Bonchev–Trinajstić information content (AvgIpc) is 2.40. The number of ether oxygens (including phenoxy) is 1. The molecule has 1 unspecified atom stereocenters. The van der Waals surface area contributed by atoms with Gasteiger partial charge in [-0.15, -0.1) is 0 Å². The number of likely N-dealkylation sites (tertiary alicyclic amines) is 1.